The van der Waals surface area contributed by atoms with Crippen molar-refractivity contribution in [3.05, 3.63) is 17.5 Å². The highest BCUT2D eigenvalue weighted by molar-refractivity contribution is 5.95. The first-order valence-electron chi connectivity index (χ1n) is 7.31. The van der Waals surface area contributed by atoms with Gasteiger partial charge in [-0.05, 0) is 25.8 Å². The lowest BCUT2D eigenvalue weighted by Gasteiger charge is -2.38. The number of H-pyrrole nitrogens is 1. The Morgan fingerprint density at radius 1 is 1.45 bits per heavy atom. The summed E-state index contributed by atoms with van der Waals surface area (Å²) in [5.74, 6) is -0.173. The maximum Gasteiger partial charge on any atom is 0.404 e. The van der Waals surface area contributed by atoms with Crippen LogP contribution in [-0.2, 0) is 0 Å². The maximum atomic E-state index is 12.8. The number of piperidine rings is 1. The molecule has 1 aliphatic heterocycles. The summed E-state index contributed by atoms with van der Waals surface area (Å²) in [5, 5.41) is 9.47. The number of rotatable bonds is 3. The molecular weight excluding hydrogens is 297 g/mol. The van der Waals surface area contributed by atoms with Crippen molar-refractivity contribution in [2.24, 2.45) is 0 Å². The molecule has 0 spiro atoms. The van der Waals surface area contributed by atoms with Crippen molar-refractivity contribution in [1.29, 1.82) is 0 Å². The highest BCUT2D eigenvalue weighted by Crippen LogP contribution is 2.31. The van der Waals surface area contributed by atoms with Gasteiger partial charge < -0.3 is 5.32 Å². The Kier molecular flexibility index (Phi) is 4.79. The second-order valence-electron chi connectivity index (χ2n) is 6.10. The molecule has 0 radical (unpaired) electrons. The summed E-state index contributed by atoms with van der Waals surface area (Å²) in [6.45, 7) is 4.06. The Hall–Kier alpha value is -1.57. The van der Waals surface area contributed by atoms with Gasteiger partial charge in [0.2, 0.25) is 0 Å². The molecular formula is C14H21F3N4O. The molecule has 2 rings (SSSR count). The molecule has 0 unspecified atom stereocenters. The lowest BCUT2D eigenvalue weighted by molar-refractivity contribution is -0.188. The zero-order valence-electron chi connectivity index (χ0n) is 12.9. The first kappa shape index (κ1) is 16.8. The summed E-state index contributed by atoms with van der Waals surface area (Å²) in [5.41, 5.74) is 1.19. The number of nitrogens with one attached hydrogen (secondary N) is 2. The van der Waals surface area contributed by atoms with Crippen molar-refractivity contribution in [3.63, 3.8) is 0 Å². The van der Waals surface area contributed by atoms with Gasteiger partial charge in [0.1, 0.15) is 6.04 Å². The molecule has 0 aliphatic carbocycles. The van der Waals surface area contributed by atoms with E-state index in [4.69, 9.17) is 0 Å². The van der Waals surface area contributed by atoms with E-state index < -0.39 is 12.2 Å². The Morgan fingerprint density at radius 3 is 2.68 bits per heavy atom. The minimum Gasteiger partial charge on any atom is -0.348 e. The number of alkyl halides is 3. The van der Waals surface area contributed by atoms with Crippen LogP contribution >= 0.6 is 0 Å². The van der Waals surface area contributed by atoms with E-state index in [9.17, 15) is 18.0 Å². The van der Waals surface area contributed by atoms with Crippen molar-refractivity contribution in [3.8, 4) is 0 Å². The van der Waals surface area contributed by atoms with Gasteiger partial charge in [0.05, 0.1) is 17.5 Å². The summed E-state index contributed by atoms with van der Waals surface area (Å²) in [4.78, 5) is 13.5. The van der Waals surface area contributed by atoms with Crippen molar-refractivity contribution in [1.82, 2.24) is 20.4 Å². The lowest BCUT2D eigenvalue weighted by atomic mass is 9.98. The fourth-order valence-corrected chi connectivity index (χ4v) is 2.86. The summed E-state index contributed by atoms with van der Waals surface area (Å²) in [6, 6.07) is -1.72. The Morgan fingerprint density at radius 2 is 2.14 bits per heavy atom. The number of amides is 1. The Labute approximate surface area is 127 Å². The third-order valence-corrected chi connectivity index (χ3v) is 4.03. The van der Waals surface area contributed by atoms with Gasteiger partial charge in [-0.2, -0.15) is 18.3 Å². The Balaban J connectivity index is 1.98. The van der Waals surface area contributed by atoms with Crippen LogP contribution in [0.1, 0.15) is 48.7 Å². The predicted molar refractivity (Wildman–Crippen MR) is 75.6 cm³/mol. The van der Waals surface area contributed by atoms with Gasteiger partial charge in [-0.1, -0.05) is 13.8 Å². The monoisotopic (exact) mass is 318 g/mol. The van der Waals surface area contributed by atoms with E-state index in [0.29, 0.717) is 12.0 Å². The summed E-state index contributed by atoms with van der Waals surface area (Å²) < 4.78 is 38.4. The summed E-state index contributed by atoms with van der Waals surface area (Å²) in [7, 11) is 1.44. The average Bonchev–Trinajstić information content (AvgIpc) is 2.86. The number of hydrogen-bond donors (Lipinski definition) is 2. The molecule has 1 aromatic heterocycles. The highest BCUT2D eigenvalue weighted by atomic mass is 19.4. The molecule has 5 nitrogen and oxygen atoms in total. The molecule has 2 heterocycles. The fraction of sp³-hybridized carbons (Fsp3) is 0.714. The van der Waals surface area contributed by atoms with E-state index in [0.717, 1.165) is 5.69 Å². The molecule has 1 saturated heterocycles. The highest BCUT2D eigenvalue weighted by Gasteiger charge is 2.44. The van der Waals surface area contributed by atoms with Crippen LogP contribution in [0.2, 0.25) is 0 Å². The van der Waals surface area contributed by atoms with Crippen molar-refractivity contribution >= 4 is 5.91 Å². The van der Waals surface area contributed by atoms with Gasteiger partial charge in [0.25, 0.3) is 5.91 Å². The molecule has 1 aromatic rings. The van der Waals surface area contributed by atoms with Gasteiger partial charge in [-0.25, -0.2) is 0 Å². The van der Waals surface area contributed by atoms with Gasteiger partial charge in [-0.3, -0.25) is 14.8 Å². The number of aromatic nitrogens is 2. The number of carbonyl (C=O) groups is 1. The van der Waals surface area contributed by atoms with Crippen LogP contribution < -0.4 is 5.32 Å². The van der Waals surface area contributed by atoms with E-state index in [1.807, 2.05) is 13.8 Å². The summed E-state index contributed by atoms with van der Waals surface area (Å²) >= 11 is 0. The molecule has 0 aromatic carbocycles. The van der Waals surface area contributed by atoms with E-state index in [1.54, 1.807) is 0 Å². The van der Waals surface area contributed by atoms with Crippen LogP contribution in [0, 0.1) is 0 Å². The van der Waals surface area contributed by atoms with Crippen molar-refractivity contribution < 1.29 is 18.0 Å². The Bertz CT molecular complexity index is 526. The number of likely N-dealkylation sites (tertiary alicyclic amines) is 1. The quantitative estimate of drug-likeness (QED) is 0.899. The van der Waals surface area contributed by atoms with Gasteiger partial charge in [0.15, 0.2) is 0 Å². The van der Waals surface area contributed by atoms with Crippen LogP contribution in [0.15, 0.2) is 6.20 Å². The number of aromatic amines is 1. The van der Waals surface area contributed by atoms with Crippen LogP contribution in [0.25, 0.3) is 0 Å². The van der Waals surface area contributed by atoms with Gasteiger partial charge >= 0.3 is 6.18 Å². The molecule has 1 amide bonds. The molecule has 8 heteroatoms. The second kappa shape index (κ2) is 6.28. The third-order valence-electron chi connectivity index (χ3n) is 4.03. The number of likely N-dealkylation sites (N-methyl/N-ethyl adjacent to an activating group) is 1. The number of nitrogens with zero attached hydrogens (tertiary/aromatic N) is 2. The zero-order chi connectivity index (χ0) is 16.5. The fourth-order valence-electron chi connectivity index (χ4n) is 2.86. The number of hydrogen-bond acceptors (Lipinski definition) is 3. The van der Waals surface area contributed by atoms with Crippen LogP contribution in [0.4, 0.5) is 13.2 Å². The van der Waals surface area contributed by atoms with Crippen LogP contribution in [-0.4, -0.2) is 52.9 Å². The number of carbonyl (C=O) groups excluding carboxylic acids is 1. The smallest absolute Gasteiger partial charge is 0.348 e. The minimum atomic E-state index is -4.22. The standard InChI is InChI=1S/C14H21F3N4O/c1-8(2)12-10(6-18-20-12)13(22)19-9-4-5-11(14(15,16)17)21(3)7-9/h6,8-9,11H,4-5,7H2,1-3H3,(H,18,20)(H,19,22)/t9-,11-/m0/s1. The molecule has 2 atom stereocenters. The van der Waals surface area contributed by atoms with Crippen molar-refractivity contribution in [2.75, 3.05) is 13.6 Å². The molecule has 2 N–H and O–H groups in total. The molecule has 0 saturated carbocycles. The average molecular weight is 318 g/mol. The molecule has 1 fully saturated rings. The molecule has 22 heavy (non-hydrogen) atoms. The SMILES string of the molecule is CC(C)c1[nH]ncc1C(=O)N[C@H]1CC[C@@H](C(F)(F)F)N(C)C1. The van der Waals surface area contributed by atoms with E-state index >= 15 is 0 Å². The largest absolute Gasteiger partial charge is 0.404 e. The van der Waals surface area contributed by atoms with E-state index in [1.165, 1.54) is 18.1 Å². The maximum absolute atomic E-state index is 12.8. The first-order chi connectivity index (χ1) is 10.2. The number of halogens is 3. The summed E-state index contributed by atoms with van der Waals surface area (Å²) in [6.07, 6.45) is -2.46. The minimum absolute atomic E-state index is 0.00658. The van der Waals surface area contributed by atoms with Crippen LogP contribution in [0.3, 0.4) is 0 Å². The second-order valence-corrected chi connectivity index (χ2v) is 6.10. The van der Waals surface area contributed by atoms with Crippen molar-refractivity contribution in [2.45, 2.75) is 50.9 Å². The van der Waals surface area contributed by atoms with Crippen LogP contribution in [0.5, 0.6) is 0 Å². The third kappa shape index (κ3) is 3.60. The van der Waals surface area contributed by atoms with Gasteiger partial charge in [0, 0.05) is 12.6 Å². The van der Waals surface area contributed by atoms with Gasteiger partial charge in [-0.15, -0.1) is 0 Å². The normalized spacial score (nSPS) is 23.8. The topological polar surface area (TPSA) is 61.0 Å². The molecule has 1 aliphatic rings. The first-order valence-corrected chi connectivity index (χ1v) is 7.31. The zero-order valence-corrected chi connectivity index (χ0v) is 12.9. The molecule has 0 bridgehead atoms. The van der Waals surface area contributed by atoms with E-state index in [2.05, 4.69) is 15.5 Å². The lowest BCUT2D eigenvalue weighted by Crippen LogP contribution is -2.54. The predicted octanol–water partition coefficient (Wildman–Crippen LogP) is 2.29. The molecule has 124 valence electrons. The van der Waals surface area contributed by atoms with E-state index in [-0.39, 0.29) is 30.8 Å².